The molecule has 3 N–H and O–H groups in total. The van der Waals surface area contributed by atoms with Gasteiger partial charge in [-0.15, -0.1) is 0 Å². The minimum atomic E-state index is -0.399. The smallest absolute Gasteiger partial charge is 0.250 e. The summed E-state index contributed by atoms with van der Waals surface area (Å²) < 4.78 is 5.29. The van der Waals surface area contributed by atoms with E-state index in [1.807, 2.05) is 18.2 Å². The fraction of sp³-hybridized carbons (Fsp3) is 0.462. The number of hydrogen-bond donors (Lipinski definition) is 2. The average molecular weight is 249 g/mol. The van der Waals surface area contributed by atoms with E-state index < -0.39 is 5.91 Å². The molecule has 1 aromatic rings. The van der Waals surface area contributed by atoms with Crippen LogP contribution in [0.1, 0.15) is 10.4 Å². The van der Waals surface area contributed by atoms with Crippen molar-refractivity contribution in [3.05, 3.63) is 29.8 Å². The molecule has 1 aliphatic heterocycles. The van der Waals surface area contributed by atoms with Gasteiger partial charge < -0.3 is 15.8 Å². The van der Waals surface area contributed by atoms with Crippen LogP contribution >= 0.6 is 0 Å². The predicted molar refractivity (Wildman–Crippen MR) is 70.7 cm³/mol. The zero-order valence-electron chi connectivity index (χ0n) is 10.4. The topological polar surface area (TPSA) is 67.6 Å². The van der Waals surface area contributed by atoms with Crippen LogP contribution in [0, 0.1) is 0 Å². The van der Waals surface area contributed by atoms with E-state index in [1.165, 1.54) is 0 Å². The molecule has 2 rings (SSSR count). The lowest BCUT2D eigenvalue weighted by Crippen LogP contribution is -2.39. The van der Waals surface area contributed by atoms with Gasteiger partial charge in [0.25, 0.3) is 5.91 Å². The molecule has 0 saturated carbocycles. The molecule has 0 atom stereocenters. The quantitative estimate of drug-likeness (QED) is 0.799. The first-order valence-electron chi connectivity index (χ1n) is 6.20. The highest BCUT2D eigenvalue weighted by molar-refractivity contribution is 5.98. The molecule has 1 fully saturated rings. The van der Waals surface area contributed by atoms with E-state index in [9.17, 15) is 4.79 Å². The third kappa shape index (κ3) is 3.45. The lowest BCUT2D eigenvalue weighted by Gasteiger charge is -2.26. The number of rotatable bonds is 5. The molecule has 1 saturated heterocycles. The van der Waals surface area contributed by atoms with Crippen LogP contribution in [0.3, 0.4) is 0 Å². The number of para-hydroxylation sites is 1. The number of amides is 1. The Bertz CT molecular complexity index is 403. The number of primary amides is 1. The molecule has 0 radical (unpaired) electrons. The van der Waals surface area contributed by atoms with Gasteiger partial charge in [-0.25, -0.2) is 0 Å². The summed E-state index contributed by atoms with van der Waals surface area (Å²) in [6.07, 6.45) is 0. The van der Waals surface area contributed by atoms with Crippen molar-refractivity contribution >= 4 is 11.6 Å². The number of carbonyl (C=O) groups excluding carboxylic acids is 1. The number of nitrogens with two attached hydrogens (primary N) is 1. The first kappa shape index (κ1) is 12.9. The molecule has 0 spiro atoms. The Labute approximate surface area is 107 Å². The molecule has 1 aliphatic rings. The Morgan fingerprint density at radius 1 is 1.33 bits per heavy atom. The number of morpholine rings is 1. The Kier molecular flexibility index (Phi) is 4.55. The normalized spacial score (nSPS) is 16.4. The van der Waals surface area contributed by atoms with E-state index in [4.69, 9.17) is 10.5 Å². The average Bonchev–Trinajstić information content (AvgIpc) is 2.40. The van der Waals surface area contributed by atoms with E-state index in [0.29, 0.717) is 5.56 Å². The lowest BCUT2D eigenvalue weighted by atomic mass is 10.1. The molecule has 0 aliphatic carbocycles. The SMILES string of the molecule is NC(=O)c1ccccc1NCCN1CCOCC1. The molecule has 5 nitrogen and oxygen atoms in total. The third-order valence-electron chi connectivity index (χ3n) is 3.04. The van der Waals surface area contributed by atoms with Crippen molar-refractivity contribution in [3.63, 3.8) is 0 Å². The number of carbonyl (C=O) groups is 1. The molecule has 0 bridgehead atoms. The Morgan fingerprint density at radius 3 is 2.78 bits per heavy atom. The summed E-state index contributed by atoms with van der Waals surface area (Å²) in [6, 6.07) is 7.32. The van der Waals surface area contributed by atoms with Crippen molar-refractivity contribution in [1.82, 2.24) is 4.90 Å². The number of hydrogen-bond acceptors (Lipinski definition) is 4. The number of anilines is 1. The monoisotopic (exact) mass is 249 g/mol. The maximum absolute atomic E-state index is 11.2. The minimum absolute atomic E-state index is 0.399. The molecule has 0 unspecified atom stereocenters. The first-order valence-corrected chi connectivity index (χ1v) is 6.20. The van der Waals surface area contributed by atoms with Crippen LogP contribution in [0.15, 0.2) is 24.3 Å². The second-order valence-electron chi connectivity index (χ2n) is 4.29. The molecular formula is C13H19N3O2. The summed E-state index contributed by atoms with van der Waals surface area (Å²) in [7, 11) is 0. The summed E-state index contributed by atoms with van der Waals surface area (Å²) in [5.41, 5.74) is 6.67. The summed E-state index contributed by atoms with van der Waals surface area (Å²) in [5.74, 6) is -0.399. The van der Waals surface area contributed by atoms with Gasteiger partial charge in [-0.05, 0) is 12.1 Å². The summed E-state index contributed by atoms with van der Waals surface area (Å²) in [4.78, 5) is 13.6. The maximum atomic E-state index is 11.2. The van der Waals surface area contributed by atoms with Crippen molar-refractivity contribution in [2.45, 2.75) is 0 Å². The van der Waals surface area contributed by atoms with E-state index in [1.54, 1.807) is 6.07 Å². The fourth-order valence-electron chi connectivity index (χ4n) is 2.03. The van der Waals surface area contributed by atoms with Crippen LogP contribution in [0.4, 0.5) is 5.69 Å². The summed E-state index contributed by atoms with van der Waals surface area (Å²) >= 11 is 0. The largest absolute Gasteiger partial charge is 0.383 e. The van der Waals surface area contributed by atoms with E-state index in [0.717, 1.165) is 45.1 Å². The number of nitrogens with one attached hydrogen (secondary N) is 1. The molecule has 1 heterocycles. The van der Waals surface area contributed by atoms with Crippen molar-refractivity contribution in [3.8, 4) is 0 Å². The van der Waals surface area contributed by atoms with Gasteiger partial charge in [-0.2, -0.15) is 0 Å². The van der Waals surface area contributed by atoms with Crippen LogP contribution in [0.5, 0.6) is 0 Å². The number of benzene rings is 1. The van der Waals surface area contributed by atoms with Gasteiger partial charge in [0.2, 0.25) is 0 Å². The highest BCUT2D eigenvalue weighted by Crippen LogP contribution is 2.13. The zero-order chi connectivity index (χ0) is 12.8. The summed E-state index contributed by atoms with van der Waals surface area (Å²) in [5, 5.41) is 3.26. The Balaban J connectivity index is 1.84. The van der Waals surface area contributed by atoms with Crippen LogP contribution < -0.4 is 11.1 Å². The molecule has 0 aromatic heterocycles. The fourth-order valence-corrected chi connectivity index (χ4v) is 2.03. The maximum Gasteiger partial charge on any atom is 0.250 e. The molecule has 5 heteroatoms. The van der Waals surface area contributed by atoms with Gasteiger partial charge in [0.1, 0.15) is 0 Å². The van der Waals surface area contributed by atoms with Gasteiger partial charge in [-0.3, -0.25) is 9.69 Å². The van der Waals surface area contributed by atoms with Gasteiger partial charge in [0.15, 0.2) is 0 Å². The lowest BCUT2D eigenvalue weighted by molar-refractivity contribution is 0.0398. The Morgan fingerprint density at radius 2 is 2.06 bits per heavy atom. The third-order valence-corrected chi connectivity index (χ3v) is 3.04. The van der Waals surface area contributed by atoms with E-state index in [-0.39, 0.29) is 0 Å². The van der Waals surface area contributed by atoms with Crippen molar-refractivity contribution in [2.75, 3.05) is 44.7 Å². The minimum Gasteiger partial charge on any atom is -0.383 e. The van der Waals surface area contributed by atoms with Crippen LogP contribution in [-0.2, 0) is 4.74 Å². The molecule has 98 valence electrons. The number of nitrogens with zero attached hydrogens (tertiary/aromatic N) is 1. The van der Waals surface area contributed by atoms with Gasteiger partial charge >= 0.3 is 0 Å². The second kappa shape index (κ2) is 6.37. The highest BCUT2D eigenvalue weighted by atomic mass is 16.5. The van der Waals surface area contributed by atoms with E-state index in [2.05, 4.69) is 10.2 Å². The number of ether oxygens (including phenoxy) is 1. The van der Waals surface area contributed by atoms with Gasteiger partial charge in [-0.1, -0.05) is 12.1 Å². The van der Waals surface area contributed by atoms with Gasteiger partial charge in [0.05, 0.1) is 18.8 Å². The molecule has 1 amide bonds. The van der Waals surface area contributed by atoms with Crippen LogP contribution in [0.25, 0.3) is 0 Å². The molecule has 1 aromatic carbocycles. The van der Waals surface area contributed by atoms with Crippen molar-refractivity contribution < 1.29 is 9.53 Å². The van der Waals surface area contributed by atoms with Gasteiger partial charge in [0, 0.05) is 31.9 Å². The second-order valence-corrected chi connectivity index (χ2v) is 4.29. The molecule has 18 heavy (non-hydrogen) atoms. The van der Waals surface area contributed by atoms with E-state index >= 15 is 0 Å². The standard InChI is InChI=1S/C13H19N3O2/c14-13(17)11-3-1-2-4-12(11)15-5-6-16-7-9-18-10-8-16/h1-4,15H,5-10H2,(H2,14,17). The van der Waals surface area contributed by atoms with Crippen molar-refractivity contribution in [2.24, 2.45) is 5.73 Å². The Hall–Kier alpha value is -1.59. The predicted octanol–water partition coefficient (Wildman–Crippen LogP) is 0.530. The van der Waals surface area contributed by atoms with Crippen LogP contribution in [-0.4, -0.2) is 50.2 Å². The highest BCUT2D eigenvalue weighted by Gasteiger charge is 2.10. The zero-order valence-corrected chi connectivity index (χ0v) is 10.4. The summed E-state index contributed by atoms with van der Waals surface area (Å²) in [6.45, 7) is 5.29. The van der Waals surface area contributed by atoms with Crippen LogP contribution in [0.2, 0.25) is 0 Å². The van der Waals surface area contributed by atoms with Crippen molar-refractivity contribution in [1.29, 1.82) is 0 Å². The first-order chi connectivity index (χ1) is 8.77. The molecular weight excluding hydrogens is 230 g/mol.